The minimum Gasteiger partial charge on any atom is -0.497 e. The minimum atomic E-state index is 0.300. The number of rotatable bonds is 11. The Morgan fingerprint density at radius 1 is 1.05 bits per heavy atom. The van der Waals surface area contributed by atoms with Crippen molar-refractivity contribution >= 4 is 0 Å². The normalized spacial score (nSPS) is 12.2. The molecule has 0 aliphatic carbocycles. The third kappa shape index (κ3) is 6.36. The van der Waals surface area contributed by atoms with Gasteiger partial charge in [-0.3, -0.25) is 0 Å². The number of hydrogen-bond donors (Lipinski definition) is 1. The molecular weight excluding hydrogens is 266 g/mol. The zero-order chi connectivity index (χ0) is 15.5. The van der Waals surface area contributed by atoms with Crippen molar-refractivity contribution in [2.24, 2.45) is 0 Å². The molecule has 120 valence electrons. The van der Waals surface area contributed by atoms with Gasteiger partial charge in [-0.1, -0.05) is 6.92 Å². The van der Waals surface area contributed by atoms with Gasteiger partial charge >= 0.3 is 0 Å². The molecular formula is C17H29NO3. The summed E-state index contributed by atoms with van der Waals surface area (Å²) in [6.07, 6.45) is 3.19. The molecule has 1 atom stereocenters. The van der Waals surface area contributed by atoms with Gasteiger partial charge in [-0.05, 0) is 50.4 Å². The summed E-state index contributed by atoms with van der Waals surface area (Å²) in [5, 5.41) is 3.60. The van der Waals surface area contributed by atoms with Gasteiger partial charge in [-0.25, -0.2) is 0 Å². The maximum absolute atomic E-state index is 5.44. The Morgan fingerprint density at radius 2 is 1.71 bits per heavy atom. The van der Waals surface area contributed by atoms with Crippen molar-refractivity contribution in [1.82, 2.24) is 5.32 Å². The lowest BCUT2D eigenvalue weighted by atomic mass is 10.0. The minimum absolute atomic E-state index is 0.300. The number of methoxy groups -OCH3 is 2. The highest BCUT2D eigenvalue weighted by Crippen LogP contribution is 2.28. The van der Waals surface area contributed by atoms with Crippen LogP contribution < -0.4 is 14.8 Å². The molecule has 0 fully saturated rings. The summed E-state index contributed by atoms with van der Waals surface area (Å²) < 4.78 is 16.2. The van der Waals surface area contributed by atoms with E-state index in [1.807, 2.05) is 13.0 Å². The quantitative estimate of drug-likeness (QED) is 0.634. The lowest BCUT2D eigenvalue weighted by molar-refractivity contribution is 0.141. The summed E-state index contributed by atoms with van der Waals surface area (Å²) in [6.45, 7) is 6.79. The molecule has 1 aromatic rings. The number of benzene rings is 1. The van der Waals surface area contributed by atoms with E-state index in [0.717, 1.165) is 50.5 Å². The molecule has 1 unspecified atom stereocenters. The van der Waals surface area contributed by atoms with Crippen LogP contribution in [-0.4, -0.2) is 34.0 Å². The highest BCUT2D eigenvalue weighted by molar-refractivity contribution is 5.39. The first kappa shape index (κ1) is 17.8. The number of ether oxygens (including phenoxy) is 3. The van der Waals surface area contributed by atoms with Crippen LogP contribution in [0.25, 0.3) is 0 Å². The summed E-state index contributed by atoms with van der Waals surface area (Å²) in [4.78, 5) is 0. The second-order valence-corrected chi connectivity index (χ2v) is 4.99. The summed E-state index contributed by atoms with van der Waals surface area (Å²) in [5.74, 6) is 1.66. The maximum Gasteiger partial charge on any atom is 0.122 e. The van der Waals surface area contributed by atoms with E-state index in [1.54, 1.807) is 14.2 Å². The summed E-state index contributed by atoms with van der Waals surface area (Å²) in [6, 6.07) is 6.36. The van der Waals surface area contributed by atoms with Crippen LogP contribution >= 0.6 is 0 Å². The molecule has 1 rings (SSSR count). The maximum atomic E-state index is 5.44. The van der Waals surface area contributed by atoms with E-state index in [9.17, 15) is 0 Å². The molecule has 0 heterocycles. The predicted molar refractivity (Wildman–Crippen MR) is 86.3 cm³/mol. The van der Waals surface area contributed by atoms with E-state index in [-0.39, 0.29) is 0 Å². The van der Waals surface area contributed by atoms with Crippen molar-refractivity contribution in [2.75, 3.05) is 34.0 Å². The molecule has 0 bridgehead atoms. The molecule has 4 nitrogen and oxygen atoms in total. The fourth-order valence-corrected chi connectivity index (χ4v) is 2.27. The molecule has 0 aliphatic rings. The summed E-state index contributed by atoms with van der Waals surface area (Å²) >= 11 is 0. The van der Waals surface area contributed by atoms with Crippen LogP contribution in [0.1, 0.15) is 44.7 Å². The SMILES string of the molecule is CCCNC(CCCOCC)c1cc(OC)cc(OC)c1. The zero-order valence-corrected chi connectivity index (χ0v) is 13.8. The Labute approximate surface area is 128 Å². The van der Waals surface area contributed by atoms with Crippen molar-refractivity contribution in [2.45, 2.75) is 39.2 Å². The Bertz CT molecular complexity index is 373. The third-order valence-electron chi connectivity index (χ3n) is 3.40. The Morgan fingerprint density at radius 3 is 2.24 bits per heavy atom. The predicted octanol–water partition coefficient (Wildman–Crippen LogP) is 3.56. The molecule has 0 saturated heterocycles. The van der Waals surface area contributed by atoms with Crippen LogP contribution in [0, 0.1) is 0 Å². The zero-order valence-electron chi connectivity index (χ0n) is 13.8. The molecule has 0 radical (unpaired) electrons. The van der Waals surface area contributed by atoms with Crippen LogP contribution in [0.2, 0.25) is 0 Å². The van der Waals surface area contributed by atoms with Crippen LogP contribution in [0.5, 0.6) is 11.5 Å². The first-order valence-corrected chi connectivity index (χ1v) is 7.79. The van der Waals surface area contributed by atoms with Crippen LogP contribution in [0.4, 0.5) is 0 Å². The highest BCUT2D eigenvalue weighted by atomic mass is 16.5. The van der Waals surface area contributed by atoms with Gasteiger partial charge in [0.1, 0.15) is 11.5 Å². The van der Waals surface area contributed by atoms with Crippen molar-refractivity contribution in [3.05, 3.63) is 23.8 Å². The lowest BCUT2D eigenvalue weighted by Gasteiger charge is -2.20. The Hall–Kier alpha value is -1.26. The largest absolute Gasteiger partial charge is 0.497 e. The van der Waals surface area contributed by atoms with E-state index < -0.39 is 0 Å². The van der Waals surface area contributed by atoms with Gasteiger partial charge in [0.15, 0.2) is 0 Å². The van der Waals surface area contributed by atoms with E-state index in [2.05, 4.69) is 24.4 Å². The van der Waals surface area contributed by atoms with Gasteiger partial charge in [-0.2, -0.15) is 0 Å². The number of hydrogen-bond acceptors (Lipinski definition) is 4. The fourth-order valence-electron chi connectivity index (χ4n) is 2.27. The Balaban J connectivity index is 2.79. The van der Waals surface area contributed by atoms with E-state index in [0.29, 0.717) is 6.04 Å². The molecule has 0 spiro atoms. The monoisotopic (exact) mass is 295 g/mol. The molecule has 0 aromatic heterocycles. The van der Waals surface area contributed by atoms with E-state index in [4.69, 9.17) is 14.2 Å². The molecule has 1 N–H and O–H groups in total. The van der Waals surface area contributed by atoms with Gasteiger partial charge in [-0.15, -0.1) is 0 Å². The van der Waals surface area contributed by atoms with Crippen LogP contribution in [0.3, 0.4) is 0 Å². The average molecular weight is 295 g/mol. The first-order chi connectivity index (χ1) is 10.2. The first-order valence-electron chi connectivity index (χ1n) is 7.79. The van der Waals surface area contributed by atoms with Gasteiger partial charge in [0.05, 0.1) is 14.2 Å². The van der Waals surface area contributed by atoms with Crippen LogP contribution in [0.15, 0.2) is 18.2 Å². The van der Waals surface area contributed by atoms with Crippen LogP contribution in [-0.2, 0) is 4.74 Å². The smallest absolute Gasteiger partial charge is 0.122 e. The molecule has 0 aliphatic heterocycles. The van der Waals surface area contributed by atoms with Gasteiger partial charge in [0.25, 0.3) is 0 Å². The molecule has 0 saturated carbocycles. The second-order valence-electron chi connectivity index (χ2n) is 4.99. The van der Waals surface area contributed by atoms with Gasteiger partial charge in [0.2, 0.25) is 0 Å². The highest BCUT2D eigenvalue weighted by Gasteiger charge is 2.13. The van der Waals surface area contributed by atoms with Gasteiger partial charge in [0, 0.05) is 25.3 Å². The fraction of sp³-hybridized carbons (Fsp3) is 0.647. The standard InChI is InChI=1S/C17H29NO3/c1-5-9-18-17(8-7-10-21-6-2)14-11-15(19-3)13-16(12-14)20-4/h11-13,17-18H,5-10H2,1-4H3. The number of nitrogens with one attached hydrogen (secondary N) is 1. The lowest BCUT2D eigenvalue weighted by Crippen LogP contribution is -2.22. The van der Waals surface area contributed by atoms with E-state index in [1.165, 1.54) is 5.56 Å². The average Bonchev–Trinajstić information content (AvgIpc) is 2.53. The molecule has 21 heavy (non-hydrogen) atoms. The van der Waals surface area contributed by atoms with Crippen molar-refractivity contribution in [3.63, 3.8) is 0 Å². The van der Waals surface area contributed by atoms with Crippen molar-refractivity contribution in [1.29, 1.82) is 0 Å². The van der Waals surface area contributed by atoms with Crippen molar-refractivity contribution in [3.8, 4) is 11.5 Å². The molecule has 0 amide bonds. The molecule has 1 aromatic carbocycles. The Kier molecular flexibility index (Phi) is 8.87. The second kappa shape index (κ2) is 10.5. The third-order valence-corrected chi connectivity index (χ3v) is 3.40. The summed E-state index contributed by atoms with van der Waals surface area (Å²) in [5.41, 5.74) is 1.20. The van der Waals surface area contributed by atoms with E-state index >= 15 is 0 Å². The van der Waals surface area contributed by atoms with Gasteiger partial charge < -0.3 is 19.5 Å². The summed E-state index contributed by atoms with van der Waals surface area (Å²) in [7, 11) is 3.37. The van der Waals surface area contributed by atoms with Crippen molar-refractivity contribution < 1.29 is 14.2 Å². The topological polar surface area (TPSA) is 39.7 Å². The molecule has 4 heteroatoms.